The molecule has 0 aliphatic carbocycles. The lowest BCUT2D eigenvalue weighted by Crippen LogP contribution is -2.32. The molecule has 0 saturated heterocycles. The quantitative estimate of drug-likeness (QED) is 0.629. The van der Waals surface area contributed by atoms with E-state index < -0.39 is 0 Å². The fourth-order valence-electron chi connectivity index (χ4n) is 3.42. The van der Waals surface area contributed by atoms with Crippen molar-refractivity contribution in [2.45, 2.75) is 52.7 Å². The second-order valence-electron chi connectivity index (χ2n) is 8.18. The van der Waals surface area contributed by atoms with E-state index in [1.165, 1.54) is 4.68 Å². The maximum atomic E-state index is 13.5. The zero-order chi connectivity index (χ0) is 19.9. The predicted octanol–water partition coefficient (Wildman–Crippen LogP) is 3.79. The van der Waals surface area contributed by atoms with Gasteiger partial charge in [0.05, 0.1) is 23.8 Å². The fourth-order valence-corrected chi connectivity index (χ4v) is 4.53. The van der Waals surface area contributed by atoms with Crippen LogP contribution in [0.4, 0.5) is 0 Å². The molecule has 3 aromatic heterocycles. The third-order valence-electron chi connectivity index (χ3n) is 4.75. The van der Waals surface area contributed by atoms with Crippen LogP contribution in [-0.4, -0.2) is 26.5 Å². The van der Waals surface area contributed by atoms with Gasteiger partial charge in [0.15, 0.2) is 0 Å². The van der Waals surface area contributed by atoms with Crippen LogP contribution in [0, 0.1) is 5.92 Å². The maximum absolute atomic E-state index is 13.5. The highest BCUT2D eigenvalue weighted by Crippen LogP contribution is 2.37. The monoisotopic (exact) mass is 396 g/mol. The van der Waals surface area contributed by atoms with Gasteiger partial charge in [-0.05, 0) is 31.4 Å². The SMILES string of the molecule is CC(C)Cc1nc2sc3c(c2c(=O)n1/N=C/c1cccnc1)CC(C)(C)OC3. The van der Waals surface area contributed by atoms with Crippen molar-refractivity contribution < 1.29 is 4.74 Å². The molecule has 0 N–H and O–H groups in total. The van der Waals surface area contributed by atoms with Crippen LogP contribution in [0.25, 0.3) is 10.2 Å². The van der Waals surface area contributed by atoms with Gasteiger partial charge in [-0.25, -0.2) is 4.98 Å². The molecule has 1 aliphatic heterocycles. The van der Waals surface area contributed by atoms with E-state index in [0.717, 1.165) is 20.8 Å². The van der Waals surface area contributed by atoms with Gasteiger partial charge in [0.1, 0.15) is 10.7 Å². The number of hydrogen-bond acceptors (Lipinski definition) is 6. The molecule has 0 spiro atoms. The number of thiophene rings is 1. The summed E-state index contributed by atoms with van der Waals surface area (Å²) < 4.78 is 7.39. The van der Waals surface area contributed by atoms with Crippen molar-refractivity contribution >= 4 is 27.8 Å². The van der Waals surface area contributed by atoms with Gasteiger partial charge in [-0.3, -0.25) is 9.78 Å². The van der Waals surface area contributed by atoms with Crippen LogP contribution in [0.2, 0.25) is 0 Å². The summed E-state index contributed by atoms with van der Waals surface area (Å²) in [7, 11) is 0. The van der Waals surface area contributed by atoms with E-state index in [0.29, 0.717) is 36.6 Å². The van der Waals surface area contributed by atoms with E-state index in [1.54, 1.807) is 29.9 Å². The molecule has 0 bridgehead atoms. The van der Waals surface area contributed by atoms with E-state index in [1.807, 2.05) is 12.1 Å². The summed E-state index contributed by atoms with van der Waals surface area (Å²) in [5.74, 6) is 1.05. The highest BCUT2D eigenvalue weighted by Gasteiger charge is 2.31. The highest BCUT2D eigenvalue weighted by molar-refractivity contribution is 7.18. The molecule has 7 heteroatoms. The molecule has 4 heterocycles. The number of nitrogens with zero attached hydrogens (tertiary/aromatic N) is 4. The molecule has 0 saturated carbocycles. The molecule has 1 aliphatic rings. The second kappa shape index (κ2) is 7.22. The largest absolute Gasteiger partial charge is 0.370 e. The Bertz CT molecular complexity index is 1100. The van der Waals surface area contributed by atoms with Crippen molar-refractivity contribution in [1.29, 1.82) is 0 Å². The zero-order valence-electron chi connectivity index (χ0n) is 16.6. The Morgan fingerprint density at radius 2 is 2.25 bits per heavy atom. The van der Waals surface area contributed by atoms with Gasteiger partial charge in [-0.2, -0.15) is 9.78 Å². The van der Waals surface area contributed by atoms with Gasteiger partial charge in [-0.15, -0.1) is 11.3 Å². The normalized spacial score (nSPS) is 16.2. The summed E-state index contributed by atoms with van der Waals surface area (Å²) in [6.07, 6.45) is 6.48. The molecule has 0 amide bonds. The van der Waals surface area contributed by atoms with Crippen LogP contribution in [0.5, 0.6) is 0 Å². The first kappa shape index (κ1) is 19.0. The Labute approximate surface area is 167 Å². The van der Waals surface area contributed by atoms with Crippen LogP contribution < -0.4 is 5.56 Å². The Morgan fingerprint density at radius 3 is 2.96 bits per heavy atom. The summed E-state index contributed by atoms with van der Waals surface area (Å²) in [6.45, 7) is 8.86. The Morgan fingerprint density at radius 1 is 1.43 bits per heavy atom. The second-order valence-corrected chi connectivity index (χ2v) is 9.27. The lowest BCUT2D eigenvalue weighted by Gasteiger charge is -2.29. The van der Waals surface area contributed by atoms with Crippen molar-refractivity contribution in [3.05, 3.63) is 56.7 Å². The van der Waals surface area contributed by atoms with Gasteiger partial charge in [-0.1, -0.05) is 19.9 Å². The molecule has 4 rings (SSSR count). The molecule has 0 unspecified atom stereocenters. The minimum atomic E-state index is -0.284. The standard InChI is InChI=1S/C21H24N4O2S/c1-13(2)8-17-24-19-18(15-9-21(3,4)27-12-16(15)28-19)20(26)25(17)23-11-14-6-5-7-22-10-14/h5-7,10-11,13H,8-9,12H2,1-4H3/b23-11+. The highest BCUT2D eigenvalue weighted by atomic mass is 32.1. The van der Waals surface area contributed by atoms with Gasteiger partial charge in [0.2, 0.25) is 0 Å². The molecular formula is C21H24N4O2S. The molecule has 6 nitrogen and oxygen atoms in total. The summed E-state index contributed by atoms with van der Waals surface area (Å²) in [4.78, 5) is 24.3. The van der Waals surface area contributed by atoms with Crippen molar-refractivity contribution in [3.63, 3.8) is 0 Å². The third kappa shape index (κ3) is 3.64. The number of rotatable bonds is 4. The zero-order valence-corrected chi connectivity index (χ0v) is 17.4. The fraction of sp³-hybridized carbons (Fsp3) is 0.429. The van der Waals surface area contributed by atoms with Gasteiger partial charge in [0, 0.05) is 35.7 Å². The molecule has 0 radical (unpaired) electrons. The van der Waals surface area contributed by atoms with E-state index >= 15 is 0 Å². The first-order chi connectivity index (χ1) is 13.3. The molecule has 3 aromatic rings. The Kier molecular flexibility index (Phi) is 4.89. The third-order valence-corrected chi connectivity index (χ3v) is 5.85. The first-order valence-electron chi connectivity index (χ1n) is 9.48. The summed E-state index contributed by atoms with van der Waals surface area (Å²) in [5, 5.41) is 5.18. The lowest BCUT2D eigenvalue weighted by molar-refractivity contribution is -0.0379. The van der Waals surface area contributed by atoms with Crippen molar-refractivity contribution in [1.82, 2.24) is 14.6 Å². The average molecular weight is 397 g/mol. The smallest absolute Gasteiger partial charge is 0.283 e. The topological polar surface area (TPSA) is 69.4 Å². The van der Waals surface area contributed by atoms with Crippen molar-refractivity contribution in [2.24, 2.45) is 11.0 Å². The maximum Gasteiger partial charge on any atom is 0.283 e. The van der Waals surface area contributed by atoms with Crippen LogP contribution in [0.3, 0.4) is 0 Å². The van der Waals surface area contributed by atoms with Crippen LogP contribution in [-0.2, 0) is 24.2 Å². The van der Waals surface area contributed by atoms with Crippen molar-refractivity contribution in [2.75, 3.05) is 0 Å². The summed E-state index contributed by atoms with van der Waals surface area (Å²) in [6, 6.07) is 3.75. The van der Waals surface area contributed by atoms with Crippen LogP contribution in [0.15, 0.2) is 34.4 Å². The summed E-state index contributed by atoms with van der Waals surface area (Å²) in [5.41, 5.74) is 1.52. The summed E-state index contributed by atoms with van der Waals surface area (Å²) >= 11 is 1.57. The lowest BCUT2D eigenvalue weighted by atomic mass is 9.94. The molecule has 28 heavy (non-hydrogen) atoms. The molecule has 146 valence electrons. The number of hydrogen-bond donors (Lipinski definition) is 0. The molecule has 0 fully saturated rings. The molecule has 0 aromatic carbocycles. The number of pyridine rings is 1. The van der Waals surface area contributed by atoms with Gasteiger partial charge >= 0.3 is 0 Å². The molecule has 0 atom stereocenters. The minimum absolute atomic E-state index is 0.101. The number of ether oxygens (including phenoxy) is 1. The van der Waals surface area contributed by atoms with Gasteiger partial charge < -0.3 is 4.74 Å². The van der Waals surface area contributed by atoms with E-state index in [-0.39, 0.29) is 11.2 Å². The van der Waals surface area contributed by atoms with Gasteiger partial charge in [0.25, 0.3) is 5.56 Å². The predicted molar refractivity (Wildman–Crippen MR) is 112 cm³/mol. The first-order valence-corrected chi connectivity index (χ1v) is 10.3. The van der Waals surface area contributed by atoms with Crippen LogP contribution in [0.1, 0.15) is 49.5 Å². The number of fused-ring (bicyclic) bond motifs is 3. The van der Waals surface area contributed by atoms with E-state index in [2.05, 4.69) is 37.8 Å². The Balaban J connectivity index is 1.90. The average Bonchev–Trinajstić information content (AvgIpc) is 2.98. The Hall–Kier alpha value is -2.38. The molecular weight excluding hydrogens is 372 g/mol. The van der Waals surface area contributed by atoms with Crippen molar-refractivity contribution in [3.8, 4) is 0 Å². The number of aromatic nitrogens is 3. The van der Waals surface area contributed by atoms with E-state index in [9.17, 15) is 4.79 Å². The minimum Gasteiger partial charge on any atom is -0.370 e. The van der Waals surface area contributed by atoms with E-state index in [4.69, 9.17) is 9.72 Å². The van der Waals surface area contributed by atoms with Crippen LogP contribution >= 0.6 is 11.3 Å².